The van der Waals surface area contributed by atoms with Crippen molar-refractivity contribution in [1.29, 1.82) is 0 Å². The molecule has 7 heteroatoms. The van der Waals surface area contributed by atoms with Gasteiger partial charge in [-0.2, -0.15) is 0 Å². The molecule has 2 aromatic rings. The molecule has 1 amide bonds. The van der Waals surface area contributed by atoms with Gasteiger partial charge in [0.25, 0.3) is 0 Å². The molecule has 3 nitrogen and oxygen atoms in total. The number of thiophene rings is 1. The van der Waals surface area contributed by atoms with Crippen LogP contribution in [0, 0.1) is 0 Å². The molecular formula is C14H10Cl2N2OS2. The summed E-state index contributed by atoms with van der Waals surface area (Å²) >= 11 is 18.5. The predicted molar refractivity (Wildman–Crippen MR) is 94.2 cm³/mol. The number of benzene rings is 1. The highest BCUT2D eigenvalue weighted by atomic mass is 35.5. The van der Waals surface area contributed by atoms with Crippen molar-refractivity contribution in [3.63, 3.8) is 0 Å². The molecular weight excluding hydrogens is 347 g/mol. The summed E-state index contributed by atoms with van der Waals surface area (Å²) in [5, 5.41) is 8.21. The molecule has 2 N–H and O–H groups in total. The van der Waals surface area contributed by atoms with Gasteiger partial charge in [-0.1, -0.05) is 35.3 Å². The molecule has 0 aliphatic rings. The van der Waals surface area contributed by atoms with Crippen molar-refractivity contribution in [2.24, 2.45) is 0 Å². The minimum absolute atomic E-state index is 0.153. The van der Waals surface area contributed by atoms with Crippen molar-refractivity contribution in [1.82, 2.24) is 5.32 Å². The number of carbonyl (C=O) groups is 1. The van der Waals surface area contributed by atoms with E-state index in [1.807, 2.05) is 17.5 Å². The second-order valence-electron chi connectivity index (χ2n) is 3.89. The molecule has 0 atom stereocenters. The SMILES string of the molecule is O=C(C=Cc1cccs1)NC(=S)Nc1cccc(Cl)c1Cl. The Morgan fingerprint density at radius 3 is 2.76 bits per heavy atom. The molecule has 2 rings (SSSR count). The number of halogens is 2. The van der Waals surface area contributed by atoms with Crippen LogP contribution in [0.5, 0.6) is 0 Å². The summed E-state index contributed by atoms with van der Waals surface area (Å²) < 4.78 is 0. The first kappa shape index (κ1) is 16.0. The lowest BCUT2D eigenvalue weighted by atomic mass is 10.3. The number of thiocarbonyl (C=S) groups is 1. The molecule has 0 saturated heterocycles. The quantitative estimate of drug-likeness (QED) is 0.624. The lowest BCUT2D eigenvalue weighted by Gasteiger charge is -2.10. The van der Waals surface area contributed by atoms with Crippen LogP contribution >= 0.6 is 46.8 Å². The highest BCUT2D eigenvalue weighted by molar-refractivity contribution is 7.80. The van der Waals surface area contributed by atoms with Gasteiger partial charge in [0.2, 0.25) is 5.91 Å². The molecule has 1 aromatic heterocycles. The number of nitrogens with one attached hydrogen (secondary N) is 2. The van der Waals surface area contributed by atoms with E-state index in [0.717, 1.165) is 4.88 Å². The number of rotatable bonds is 3. The van der Waals surface area contributed by atoms with Crippen molar-refractivity contribution >= 4 is 69.5 Å². The first-order chi connectivity index (χ1) is 10.1. The maximum Gasteiger partial charge on any atom is 0.250 e. The van der Waals surface area contributed by atoms with Crippen LogP contribution in [0.25, 0.3) is 6.08 Å². The molecule has 0 fully saturated rings. The van der Waals surface area contributed by atoms with Gasteiger partial charge in [-0.25, -0.2) is 0 Å². The zero-order valence-electron chi connectivity index (χ0n) is 10.6. The van der Waals surface area contributed by atoms with E-state index in [0.29, 0.717) is 15.7 Å². The van der Waals surface area contributed by atoms with Crippen molar-refractivity contribution < 1.29 is 4.79 Å². The number of hydrogen-bond acceptors (Lipinski definition) is 3. The number of amides is 1. The predicted octanol–water partition coefficient (Wildman–Crippen LogP) is 4.58. The Hall–Kier alpha value is -1.40. The summed E-state index contributed by atoms with van der Waals surface area (Å²) in [6, 6.07) is 8.94. The van der Waals surface area contributed by atoms with Gasteiger partial charge in [0.05, 0.1) is 15.7 Å². The highest BCUT2D eigenvalue weighted by Gasteiger charge is 2.07. The number of carbonyl (C=O) groups excluding carboxylic acids is 1. The zero-order valence-corrected chi connectivity index (χ0v) is 13.7. The molecule has 0 unspecified atom stereocenters. The summed E-state index contributed by atoms with van der Waals surface area (Å²) in [7, 11) is 0. The van der Waals surface area contributed by atoms with Crippen LogP contribution in [0.2, 0.25) is 10.0 Å². The Kier molecular flexibility index (Phi) is 5.76. The summed E-state index contributed by atoms with van der Waals surface area (Å²) in [6.45, 7) is 0. The molecule has 0 aliphatic heterocycles. The molecule has 0 radical (unpaired) electrons. The Bertz CT molecular complexity index is 684. The van der Waals surface area contributed by atoms with Crippen molar-refractivity contribution in [2.45, 2.75) is 0 Å². The number of anilines is 1. The minimum atomic E-state index is -0.320. The standard InChI is InChI=1S/C14H10Cl2N2OS2/c15-10-4-1-5-11(13(10)16)17-14(20)18-12(19)7-6-9-3-2-8-21-9/h1-8H,(H2,17,18,19,20). The average molecular weight is 357 g/mol. The van der Waals surface area contributed by atoms with Crippen LogP contribution in [0.4, 0.5) is 5.69 Å². The van der Waals surface area contributed by atoms with Crippen molar-refractivity contribution in [3.05, 3.63) is 56.7 Å². The van der Waals surface area contributed by atoms with Gasteiger partial charge < -0.3 is 5.32 Å². The van der Waals surface area contributed by atoms with Crippen LogP contribution in [0.15, 0.2) is 41.8 Å². The van der Waals surface area contributed by atoms with Crippen LogP contribution in [-0.4, -0.2) is 11.0 Å². The lowest BCUT2D eigenvalue weighted by molar-refractivity contribution is -0.115. The Labute approximate surface area is 141 Å². The summed E-state index contributed by atoms with van der Waals surface area (Å²) in [5.41, 5.74) is 0.539. The Balaban J connectivity index is 1.92. The third-order valence-corrected chi connectivity index (χ3v) is 4.24. The van der Waals surface area contributed by atoms with E-state index >= 15 is 0 Å². The van der Waals surface area contributed by atoms with E-state index in [9.17, 15) is 4.79 Å². The van der Waals surface area contributed by atoms with Gasteiger partial charge in [0, 0.05) is 11.0 Å². The third-order valence-electron chi connectivity index (χ3n) is 2.38. The van der Waals surface area contributed by atoms with Crippen molar-refractivity contribution in [2.75, 3.05) is 5.32 Å². The van der Waals surface area contributed by atoms with E-state index in [2.05, 4.69) is 10.6 Å². The maximum atomic E-state index is 11.7. The summed E-state index contributed by atoms with van der Waals surface area (Å²) in [6.07, 6.45) is 3.13. The molecule has 21 heavy (non-hydrogen) atoms. The Morgan fingerprint density at radius 2 is 2.05 bits per heavy atom. The molecule has 1 heterocycles. The third kappa shape index (κ3) is 4.82. The maximum absolute atomic E-state index is 11.7. The smallest absolute Gasteiger partial charge is 0.250 e. The van der Waals surface area contributed by atoms with Crippen molar-refractivity contribution in [3.8, 4) is 0 Å². The van der Waals surface area contributed by atoms with Gasteiger partial charge in [0.1, 0.15) is 0 Å². The van der Waals surface area contributed by atoms with E-state index in [1.54, 1.807) is 35.6 Å². The van der Waals surface area contributed by atoms with E-state index in [4.69, 9.17) is 35.4 Å². The van der Waals surface area contributed by atoms with Crippen LogP contribution in [-0.2, 0) is 4.79 Å². The van der Waals surface area contributed by atoms with E-state index in [1.165, 1.54) is 6.08 Å². The van der Waals surface area contributed by atoms with Crippen LogP contribution in [0.1, 0.15) is 4.88 Å². The second-order valence-corrected chi connectivity index (χ2v) is 6.07. The first-order valence-electron chi connectivity index (χ1n) is 5.84. The fourth-order valence-corrected chi connectivity index (χ4v) is 2.63. The molecule has 1 aromatic carbocycles. The average Bonchev–Trinajstić information content (AvgIpc) is 2.95. The molecule has 0 bridgehead atoms. The molecule has 0 spiro atoms. The fraction of sp³-hybridized carbons (Fsp3) is 0. The van der Waals surface area contributed by atoms with Gasteiger partial charge >= 0.3 is 0 Å². The highest BCUT2D eigenvalue weighted by Crippen LogP contribution is 2.29. The number of hydrogen-bond donors (Lipinski definition) is 2. The zero-order chi connectivity index (χ0) is 15.2. The van der Waals surface area contributed by atoms with Gasteiger partial charge in [-0.15, -0.1) is 11.3 Å². The molecule has 0 saturated carbocycles. The summed E-state index contributed by atoms with van der Waals surface area (Å²) in [4.78, 5) is 12.7. The Morgan fingerprint density at radius 1 is 1.24 bits per heavy atom. The van der Waals surface area contributed by atoms with Gasteiger partial charge in [-0.05, 0) is 41.9 Å². The summed E-state index contributed by atoms with van der Waals surface area (Å²) in [5.74, 6) is -0.320. The fourth-order valence-electron chi connectivity index (χ4n) is 1.45. The lowest BCUT2D eigenvalue weighted by Crippen LogP contribution is -2.32. The largest absolute Gasteiger partial charge is 0.331 e. The van der Waals surface area contributed by atoms with Gasteiger partial charge in [-0.3, -0.25) is 10.1 Å². The normalized spacial score (nSPS) is 10.6. The van der Waals surface area contributed by atoms with Gasteiger partial charge in [0.15, 0.2) is 5.11 Å². The topological polar surface area (TPSA) is 41.1 Å². The second kappa shape index (κ2) is 7.56. The molecule has 108 valence electrons. The van der Waals surface area contributed by atoms with E-state index < -0.39 is 0 Å². The minimum Gasteiger partial charge on any atom is -0.331 e. The first-order valence-corrected chi connectivity index (χ1v) is 7.88. The van der Waals surface area contributed by atoms with Crippen LogP contribution < -0.4 is 10.6 Å². The monoisotopic (exact) mass is 356 g/mol. The molecule has 0 aliphatic carbocycles. The van der Waals surface area contributed by atoms with E-state index in [-0.39, 0.29) is 11.0 Å². The van der Waals surface area contributed by atoms with Crippen LogP contribution in [0.3, 0.4) is 0 Å².